The van der Waals surface area contributed by atoms with E-state index >= 15 is 0 Å². The molecular formula is C23H26N4O. The quantitative estimate of drug-likeness (QED) is 0.722. The molecule has 2 amide bonds. The predicted octanol–water partition coefficient (Wildman–Crippen LogP) is 4.71. The molecule has 5 heteroatoms. The van der Waals surface area contributed by atoms with Gasteiger partial charge in [0.2, 0.25) is 0 Å². The van der Waals surface area contributed by atoms with Crippen LogP contribution in [-0.2, 0) is 0 Å². The van der Waals surface area contributed by atoms with E-state index < -0.39 is 0 Å². The first-order chi connectivity index (χ1) is 13.6. The van der Waals surface area contributed by atoms with Gasteiger partial charge in [-0.15, -0.1) is 0 Å². The highest BCUT2D eigenvalue weighted by Gasteiger charge is 2.23. The molecule has 1 fully saturated rings. The van der Waals surface area contributed by atoms with E-state index in [1.54, 1.807) is 0 Å². The first kappa shape index (κ1) is 18.3. The molecule has 2 aromatic carbocycles. The lowest BCUT2D eigenvalue weighted by molar-refractivity contribution is 0.194. The van der Waals surface area contributed by atoms with Gasteiger partial charge in [-0.05, 0) is 54.7 Å². The summed E-state index contributed by atoms with van der Waals surface area (Å²) >= 11 is 0. The Morgan fingerprint density at radius 3 is 2.50 bits per heavy atom. The summed E-state index contributed by atoms with van der Waals surface area (Å²) in [7, 11) is 3.95. The standard InChI is InChI=1S/C23H26N4O/c1-26(2)22-11-8-19-16-20(9-10-21(19)25-22)24-23(28)27-14-12-18(13-15-27)17-6-4-3-5-7-17/h3-11,16,18H,12-15H2,1-2H3,(H,24,28). The van der Waals surface area contributed by atoms with Crippen molar-refractivity contribution in [3.63, 3.8) is 0 Å². The molecule has 3 aromatic rings. The third-order valence-electron chi connectivity index (χ3n) is 5.44. The van der Waals surface area contributed by atoms with Crippen LogP contribution in [0.25, 0.3) is 10.9 Å². The molecule has 144 valence electrons. The van der Waals surface area contributed by atoms with Gasteiger partial charge in [-0.25, -0.2) is 9.78 Å². The summed E-state index contributed by atoms with van der Waals surface area (Å²) in [6.45, 7) is 1.57. The van der Waals surface area contributed by atoms with E-state index in [0.29, 0.717) is 5.92 Å². The summed E-state index contributed by atoms with van der Waals surface area (Å²) in [4.78, 5) is 21.2. The number of pyridine rings is 1. The van der Waals surface area contributed by atoms with Gasteiger partial charge in [0.1, 0.15) is 5.82 Å². The molecule has 1 aromatic heterocycles. The van der Waals surface area contributed by atoms with Crippen molar-refractivity contribution in [2.24, 2.45) is 0 Å². The second-order valence-electron chi connectivity index (χ2n) is 7.57. The van der Waals surface area contributed by atoms with Gasteiger partial charge in [-0.2, -0.15) is 0 Å². The molecule has 0 spiro atoms. The number of hydrogen-bond acceptors (Lipinski definition) is 3. The topological polar surface area (TPSA) is 48.5 Å². The van der Waals surface area contributed by atoms with Crippen LogP contribution in [0.15, 0.2) is 60.7 Å². The minimum Gasteiger partial charge on any atom is -0.363 e. The molecule has 1 aliphatic rings. The molecule has 0 radical (unpaired) electrons. The van der Waals surface area contributed by atoms with E-state index in [1.165, 1.54) is 5.56 Å². The zero-order valence-electron chi connectivity index (χ0n) is 16.4. The average Bonchev–Trinajstić information content (AvgIpc) is 2.74. The zero-order valence-corrected chi connectivity index (χ0v) is 16.4. The van der Waals surface area contributed by atoms with Crippen LogP contribution in [0, 0.1) is 0 Å². The molecule has 1 N–H and O–H groups in total. The molecule has 4 rings (SSSR count). The highest BCUT2D eigenvalue weighted by Crippen LogP contribution is 2.28. The number of carbonyl (C=O) groups is 1. The predicted molar refractivity (Wildman–Crippen MR) is 115 cm³/mol. The number of rotatable bonds is 3. The fourth-order valence-corrected chi connectivity index (χ4v) is 3.79. The first-order valence-corrected chi connectivity index (χ1v) is 9.79. The van der Waals surface area contributed by atoms with E-state index in [-0.39, 0.29) is 6.03 Å². The lowest BCUT2D eigenvalue weighted by Gasteiger charge is -2.32. The number of likely N-dealkylation sites (tertiary alicyclic amines) is 1. The largest absolute Gasteiger partial charge is 0.363 e. The molecule has 0 unspecified atom stereocenters. The maximum atomic E-state index is 12.7. The smallest absolute Gasteiger partial charge is 0.321 e. The van der Waals surface area contributed by atoms with E-state index in [4.69, 9.17) is 0 Å². The number of anilines is 2. The number of carbonyl (C=O) groups excluding carboxylic acids is 1. The summed E-state index contributed by atoms with van der Waals surface area (Å²) in [5.74, 6) is 1.47. The molecule has 1 aliphatic heterocycles. The molecule has 28 heavy (non-hydrogen) atoms. The van der Waals surface area contributed by atoms with Crippen molar-refractivity contribution in [2.45, 2.75) is 18.8 Å². The van der Waals surface area contributed by atoms with Crippen LogP contribution in [0.2, 0.25) is 0 Å². The summed E-state index contributed by atoms with van der Waals surface area (Å²) < 4.78 is 0. The number of aromatic nitrogens is 1. The SMILES string of the molecule is CN(C)c1ccc2cc(NC(=O)N3CCC(c4ccccc4)CC3)ccc2n1. The van der Waals surface area contributed by atoms with Crippen LogP contribution < -0.4 is 10.2 Å². The number of hydrogen-bond donors (Lipinski definition) is 1. The minimum absolute atomic E-state index is 0.0243. The molecule has 0 atom stereocenters. The number of nitrogens with one attached hydrogen (secondary N) is 1. The van der Waals surface area contributed by atoms with Crippen LogP contribution >= 0.6 is 0 Å². The van der Waals surface area contributed by atoms with Gasteiger partial charge in [-0.3, -0.25) is 0 Å². The number of piperidine rings is 1. The van der Waals surface area contributed by atoms with Crippen LogP contribution in [-0.4, -0.2) is 43.1 Å². The second-order valence-corrected chi connectivity index (χ2v) is 7.57. The molecule has 0 saturated carbocycles. The Balaban J connectivity index is 1.39. The van der Waals surface area contributed by atoms with Gasteiger partial charge in [0.05, 0.1) is 5.52 Å². The van der Waals surface area contributed by atoms with E-state index in [9.17, 15) is 4.79 Å². The summed E-state index contributed by atoms with van der Waals surface area (Å²) in [5, 5.41) is 4.06. The van der Waals surface area contributed by atoms with Crippen LogP contribution in [0.5, 0.6) is 0 Å². The lowest BCUT2D eigenvalue weighted by Crippen LogP contribution is -2.40. The number of urea groups is 1. The van der Waals surface area contributed by atoms with Crippen LogP contribution in [0.3, 0.4) is 0 Å². The molecule has 5 nitrogen and oxygen atoms in total. The van der Waals surface area contributed by atoms with E-state index in [2.05, 4.69) is 34.6 Å². The van der Waals surface area contributed by atoms with Crippen molar-refractivity contribution in [1.82, 2.24) is 9.88 Å². The fraction of sp³-hybridized carbons (Fsp3) is 0.304. The molecule has 2 heterocycles. The Bertz CT molecular complexity index is 963. The van der Waals surface area contributed by atoms with Crippen molar-refractivity contribution in [2.75, 3.05) is 37.4 Å². The van der Waals surface area contributed by atoms with Gasteiger partial charge in [0.25, 0.3) is 0 Å². The van der Waals surface area contributed by atoms with Crippen molar-refractivity contribution in [1.29, 1.82) is 0 Å². The normalized spacial score (nSPS) is 14.9. The monoisotopic (exact) mass is 374 g/mol. The van der Waals surface area contributed by atoms with Gasteiger partial charge in [0.15, 0.2) is 0 Å². The fourth-order valence-electron chi connectivity index (χ4n) is 3.79. The van der Waals surface area contributed by atoms with Gasteiger partial charge >= 0.3 is 6.03 Å². The Morgan fingerprint density at radius 1 is 1.04 bits per heavy atom. The highest BCUT2D eigenvalue weighted by molar-refractivity contribution is 5.93. The third kappa shape index (κ3) is 3.93. The van der Waals surface area contributed by atoms with Crippen molar-refractivity contribution in [3.8, 4) is 0 Å². The van der Waals surface area contributed by atoms with E-state index in [0.717, 1.165) is 48.3 Å². The maximum absolute atomic E-state index is 12.7. The number of amides is 2. The lowest BCUT2D eigenvalue weighted by atomic mass is 9.90. The van der Waals surface area contributed by atoms with E-state index in [1.807, 2.05) is 60.3 Å². The summed E-state index contributed by atoms with van der Waals surface area (Å²) in [6, 6.07) is 20.5. The van der Waals surface area contributed by atoms with Gasteiger partial charge in [-0.1, -0.05) is 30.3 Å². The maximum Gasteiger partial charge on any atom is 0.321 e. The molecular weight excluding hydrogens is 348 g/mol. The Labute approximate surface area is 166 Å². The minimum atomic E-state index is -0.0243. The molecule has 0 bridgehead atoms. The summed E-state index contributed by atoms with van der Waals surface area (Å²) in [5.41, 5.74) is 3.11. The third-order valence-corrected chi connectivity index (χ3v) is 5.44. The van der Waals surface area contributed by atoms with Crippen molar-refractivity contribution < 1.29 is 4.79 Å². The van der Waals surface area contributed by atoms with Gasteiger partial charge in [0, 0.05) is 38.3 Å². The Morgan fingerprint density at radius 2 is 1.79 bits per heavy atom. The number of benzene rings is 2. The average molecular weight is 374 g/mol. The van der Waals surface area contributed by atoms with Crippen molar-refractivity contribution in [3.05, 3.63) is 66.2 Å². The number of fused-ring (bicyclic) bond motifs is 1. The molecule has 1 saturated heterocycles. The second kappa shape index (κ2) is 7.89. The zero-order chi connectivity index (χ0) is 19.5. The Kier molecular flexibility index (Phi) is 5.15. The highest BCUT2D eigenvalue weighted by atomic mass is 16.2. The molecule has 0 aliphatic carbocycles. The van der Waals surface area contributed by atoms with Crippen molar-refractivity contribution >= 4 is 28.4 Å². The van der Waals surface area contributed by atoms with Crippen LogP contribution in [0.1, 0.15) is 24.3 Å². The van der Waals surface area contributed by atoms with Gasteiger partial charge < -0.3 is 15.1 Å². The number of nitrogens with zero attached hydrogens (tertiary/aromatic N) is 3. The van der Waals surface area contributed by atoms with Crippen LogP contribution in [0.4, 0.5) is 16.3 Å². The first-order valence-electron chi connectivity index (χ1n) is 9.79. The summed E-state index contributed by atoms with van der Waals surface area (Å²) in [6.07, 6.45) is 2.01. The Hall–Kier alpha value is -3.08.